The number of amides is 1. The van der Waals surface area contributed by atoms with Crippen molar-refractivity contribution in [1.29, 1.82) is 0 Å². The van der Waals surface area contributed by atoms with Crippen LogP contribution in [0.25, 0.3) is 10.2 Å². The van der Waals surface area contributed by atoms with Gasteiger partial charge < -0.3 is 4.90 Å². The number of halogens is 2. The van der Waals surface area contributed by atoms with Crippen LogP contribution in [0.2, 0.25) is 5.02 Å². The molecule has 0 N–H and O–H groups in total. The van der Waals surface area contributed by atoms with E-state index in [1.54, 1.807) is 4.90 Å². The number of anilines is 1. The van der Waals surface area contributed by atoms with Gasteiger partial charge in [-0.05, 0) is 78.5 Å². The molecule has 0 unspecified atom stereocenters. The zero-order valence-corrected chi connectivity index (χ0v) is 20.7. The summed E-state index contributed by atoms with van der Waals surface area (Å²) < 4.78 is 2.91. The minimum Gasteiger partial charge on any atom is -0.309 e. The van der Waals surface area contributed by atoms with E-state index in [0.29, 0.717) is 22.4 Å². The Morgan fingerprint density at radius 1 is 1.23 bits per heavy atom. The smallest absolute Gasteiger partial charge is 0.280 e. The number of fused-ring (bicyclic) bond motifs is 1. The molecule has 0 aliphatic heterocycles. The first-order valence-corrected chi connectivity index (χ1v) is 11.0. The number of nitrogens with zero attached hydrogens (tertiary/aromatic N) is 5. The zero-order chi connectivity index (χ0) is 21.3. The molecule has 30 heavy (non-hydrogen) atoms. The number of rotatable bonds is 7. The Labute approximate surface area is 193 Å². The van der Waals surface area contributed by atoms with Crippen LogP contribution in [0, 0.1) is 13.8 Å². The van der Waals surface area contributed by atoms with Crippen LogP contribution in [0.3, 0.4) is 0 Å². The molecule has 9 heteroatoms. The summed E-state index contributed by atoms with van der Waals surface area (Å²) in [6, 6.07) is 5.90. The molecule has 0 spiro atoms. The molecular formula is C21H29Cl2N5OS. The fourth-order valence-corrected chi connectivity index (χ4v) is 4.49. The fraction of sp³-hybridized carbons (Fsp3) is 0.476. The van der Waals surface area contributed by atoms with E-state index < -0.39 is 0 Å². The lowest BCUT2D eigenvalue weighted by atomic mass is 10.2. The minimum absolute atomic E-state index is 0. The van der Waals surface area contributed by atoms with Crippen molar-refractivity contribution in [3.05, 3.63) is 40.2 Å². The summed E-state index contributed by atoms with van der Waals surface area (Å²) in [5.74, 6) is -0.117. The molecule has 0 atom stereocenters. The van der Waals surface area contributed by atoms with E-state index in [2.05, 4.69) is 23.8 Å². The first kappa shape index (κ1) is 24.6. The molecule has 164 valence electrons. The quantitative estimate of drug-likeness (QED) is 0.466. The number of aromatic nitrogens is 3. The van der Waals surface area contributed by atoms with E-state index >= 15 is 0 Å². The van der Waals surface area contributed by atoms with Crippen molar-refractivity contribution in [2.45, 2.75) is 40.2 Å². The molecule has 3 rings (SSSR count). The highest BCUT2D eigenvalue weighted by Crippen LogP contribution is 2.34. The molecule has 0 fully saturated rings. The number of carbonyl (C=O) groups is 1. The summed E-state index contributed by atoms with van der Waals surface area (Å²) in [5, 5.41) is 5.93. The normalized spacial score (nSPS) is 11.4. The van der Waals surface area contributed by atoms with Crippen LogP contribution >= 0.6 is 35.3 Å². The van der Waals surface area contributed by atoms with Gasteiger partial charge in [-0.3, -0.25) is 14.4 Å². The second kappa shape index (κ2) is 10.1. The first-order chi connectivity index (χ1) is 13.7. The third kappa shape index (κ3) is 5.14. The number of carbonyl (C=O) groups excluding carboxylic acids is 1. The maximum Gasteiger partial charge on any atom is 0.280 e. The molecule has 0 bridgehead atoms. The van der Waals surface area contributed by atoms with E-state index in [1.807, 2.05) is 50.8 Å². The third-order valence-electron chi connectivity index (χ3n) is 4.83. The van der Waals surface area contributed by atoms with Crippen molar-refractivity contribution in [3.8, 4) is 0 Å². The summed E-state index contributed by atoms with van der Waals surface area (Å²) in [5.41, 5.74) is 3.22. The van der Waals surface area contributed by atoms with Gasteiger partial charge in [-0.2, -0.15) is 5.10 Å². The summed E-state index contributed by atoms with van der Waals surface area (Å²) in [4.78, 5) is 22.1. The van der Waals surface area contributed by atoms with E-state index in [-0.39, 0.29) is 24.4 Å². The Bertz CT molecular complexity index is 1030. The van der Waals surface area contributed by atoms with Gasteiger partial charge in [0.25, 0.3) is 5.91 Å². The van der Waals surface area contributed by atoms with Crippen molar-refractivity contribution in [1.82, 2.24) is 19.7 Å². The molecular weight excluding hydrogens is 441 g/mol. The molecule has 1 amide bonds. The van der Waals surface area contributed by atoms with Crippen LogP contribution in [0.15, 0.2) is 18.2 Å². The largest absolute Gasteiger partial charge is 0.309 e. The second-order valence-electron chi connectivity index (χ2n) is 7.84. The number of hydrogen-bond donors (Lipinski definition) is 0. The first-order valence-electron chi connectivity index (χ1n) is 9.77. The van der Waals surface area contributed by atoms with Gasteiger partial charge in [0.15, 0.2) is 10.8 Å². The average Bonchev–Trinajstić information content (AvgIpc) is 3.25. The highest BCUT2D eigenvalue weighted by molar-refractivity contribution is 7.22. The number of hydrogen-bond acceptors (Lipinski definition) is 5. The van der Waals surface area contributed by atoms with E-state index in [4.69, 9.17) is 16.6 Å². The SMILES string of the molecule is Cc1c(Cl)ccc2sc(N(CCCN(C)C)C(=O)c3cc(C)n(C(C)C)n3)nc12.Cl. The Balaban J connectivity index is 0.00000320. The summed E-state index contributed by atoms with van der Waals surface area (Å²) in [6.07, 6.45) is 0.846. The van der Waals surface area contributed by atoms with Crippen LogP contribution in [0.4, 0.5) is 5.13 Å². The standard InChI is InChI=1S/C21H28ClN5OS.ClH/c1-13(2)27-14(3)12-17(24-27)20(28)26(11-7-10-25(5)6)21-23-19-15(4)16(22)8-9-18(19)29-21;/h8-9,12-13H,7,10-11H2,1-6H3;1H. The van der Waals surface area contributed by atoms with Gasteiger partial charge in [0.2, 0.25) is 0 Å². The van der Waals surface area contributed by atoms with E-state index in [1.165, 1.54) is 11.3 Å². The molecule has 0 radical (unpaired) electrons. The lowest BCUT2D eigenvalue weighted by Gasteiger charge is -2.20. The summed E-state index contributed by atoms with van der Waals surface area (Å²) in [7, 11) is 4.06. The predicted molar refractivity (Wildman–Crippen MR) is 129 cm³/mol. The van der Waals surface area contributed by atoms with Gasteiger partial charge >= 0.3 is 0 Å². The molecule has 2 aromatic heterocycles. The van der Waals surface area contributed by atoms with Crippen molar-refractivity contribution in [2.24, 2.45) is 0 Å². The molecule has 3 aromatic rings. The van der Waals surface area contributed by atoms with Crippen LogP contribution < -0.4 is 4.90 Å². The monoisotopic (exact) mass is 469 g/mol. The van der Waals surface area contributed by atoms with Crippen molar-refractivity contribution in [2.75, 3.05) is 32.1 Å². The van der Waals surface area contributed by atoms with Crippen molar-refractivity contribution < 1.29 is 4.79 Å². The highest BCUT2D eigenvalue weighted by Gasteiger charge is 2.25. The van der Waals surface area contributed by atoms with Crippen LogP contribution in [-0.2, 0) is 0 Å². The summed E-state index contributed by atoms with van der Waals surface area (Å²) in [6.45, 7) is 9.52. The lowest BCUT2D eigenvalue weighted by molar-refractivity contribution is 0.0980. The van der Waals surface area contributed by atoms with Crippen LogP contribution in [0.5, 0.6) is 0 Å². The van der Waals surface area contributed by atoms with Gasteiger partial charge in [-0.25, -0.2) is 4.98 Å². The average molecular weight is 470 g/mol. The Morgan fingerprint density at radius 3 is 2.53 bits per heavy atom. The number of benzene rings is 1. The molecule has 0 aliphatic rings. The highest BCUT2D eigenvalue weighted by atomic mass is 35.5. The van der Waals surface area contributed by atoms with Crippen LogP contribution in [0.1, 0.15) is 48.1 Å². The van der Waals surface area contributed by atoms with Gasteiger partial charge in [-0.1, -0.05) is 22.9 Å². The fourth-order valence-electron chi connectivity index (χ4n) is 3.29. The number of thiazole rings is 1. The van der Waals surface area contributed by atoms with Crippen molar-refractivity contribution >= 4 is 56.6 Å². The molecule has 0 saturated carbocycles. The van der Waals surface area contributed by atoms with E-state index in [9.17, 15) is 4.79 Å². The molecule has 1 aromatic carbocycles. The maximum atomic E-state index is 13.4. The van der Waals surface area contributed by atoms with Gasteiger partial charge in [0.1, 0.15) is 0 Å². The predicted octanol–water partition coefficient (Wildman–Crippen LogP) is 5.36. The number of aryl methyl sites for hydroxylation is 2. The molecule has 2 heterocycles. The molecule has 0 saturated heterocycles. The Morgan fingerprint density at radius 2 is 1.93 bits per heavy atom. The van der Waals surface area contributed by atoms with Gasteiger partial charge in [0, 0.05) is 23.3 Å². The van der Waals surface area contributed by atoms with E-state index in [0.717, 1.165) is 34.4 Å². The third-order valence-corrected chi connectivity index (χ3v) is 6.28. The summed E-state index contributed by atoms with van der Waals surface area (Å²) >= 11 is 7.78. The lowest BCUT2D eigenvalue weighted by Crippen LogP contribution is -2.33. The van der Waals surface area contributed by atoms with Gasteiger partial charge in [0.05, 0.1) is 10.2 Å². The maximum absolute atomic E-state index is 13.4. The topological polar surface area (TPSA) is 54.3 Å². The van der Waals surface area contributed by atoms with Gasteiger partial charge in [-0.15, -0.1) is 12.4 Å². The minimum atomic E-state index is -0.117. The van der Waals surface area contributed by atoms with Crippen molar-refractivity contribution in [3.63, 3.8) is 0 Å². The Hall–Kier alpha value is -1.67. The van der Waals surface area contributed by atoms with Crippen LogP contribution in [-0.4, -0.2) is 52.8 Å². The molecule has 6 nitrogen and oxygen atoms in total. The second-order valence-corrected chi connectivity index (χ2v) is 9.25. The molecule has 0 aliphatic carbocycles. The zero-order valence-electron chi connectivity index (χ0n) is 18.3. The Kier molecular flexibility index (Phi) is 8.27.